The van der Waals surface area contributed by atoms with Crippen LogP contribution in [0.4, 0.5) is 0 Å². The minimum absolute atomic E-state index is 0.0416. The first-order chi connectivity index (χ1) is 17.3. The Bertz CT molecular complexity index is 1890. The van der Waals surface area contributed by atoms with Crippen LogP contribution in [0.2, 0.25) is 0 Å². The van der Waals surface area contributed by atoms with Gasteiger partial charge in [0.25, 0.3) is 0 Å². The summed E-state index contributed by atoms with van der Waals surface area (Å²) in [5, 5.41) is 0. The molecular weight excluding hydrogens is 641 g/mol. The molecule has 3 heterocycles. The molecule has 0 saturated heterocycles. The maximum atomic E-state index is 5.76. The average molecular weight is 670 g/mol. The molecule has 0 unspecified atom stereocenters. The molecule has 5 nitrogen and oxygen atoms in total. The van der Waals surface area contributed by atoms with Crippen molar-refractivity contribution in [3.8, 4) is 22.7 Å². The van der Waals surface area contributed by atoms with E-state index in [1.165, 1.54) is 25.5 Å². The van der Waals surface area contributed by atoms with Crippen LogP contribution in [0, 0.1) is 6.92 Å². The van der Waals surface area contributed by atoms with E-state index < -0.39 is 0 Å². The van der Waals surface area contributed by atoms with E-state index in [-0.39, 0.29) is 5.41 Å². The van der Waals surface area contributed by atoms with Crippen molar-refractivity contribution < 1.29 is 9.30 Å². The van der Waals surface area contributed by atoms with Crippen molar-refractivity contribution in [3.63, 3.8) is 0 Å². The summed E-state index contributed by atoms with van der Waals surface area (Å²) >= 11 is 0.717. The summed E-state index contributed by atoms with van der Waals surface area (Å²) in [5.74, 6) is 2.91. The van der Waals surface area contributed by atoms with Crippen LogP contribution in [-0.2, 0) is 12.5 Å². The van der Waals surface area contributed by atoms with E-state index in [1.54, 1.807) is 7.11 Å². The van der Waals surface area contributed by atoms with Gasteiger partial charge in [-0.3, -0.25) is 0 Å². The Balaban J connectivity index is 1.66. The second-order valence-electron chi connectivity index (χ2n) is 10.3. The molecule has 3 aromatic carbocycles. The van der Waals surface area contributed by atoms with Gasteiger partial charge >= 0.3 is 226 Å². The van der Waals surface area contributed by atoms with E-state index in [9.17, 15) is 0 Å². The van der Waals surface area contributed by atoms with E-state index in [2.05, 4.69) is 108 Å². The first-order valence-electron chi connectivity index (χ1n) is 12.2. The Morgan fingerprint density at radius 3 is 2.56 bits per heavy atom. The number of rotatable bonds is 2. The summed E-state index contributed by atoms with van der Waals surface area (Å²) in [4.78, 5) is 5.25. The quantitative estimate of drug-likeness (QED) is 0.206. The molecule has 0 aliphatic heterocycles. The van der Waals surface area contributed by atoms with Crippen LogP contribution in [-0.4, -0.2) is 45.8 Å². The third-order valence-corrected chi connectivity index (χ3v) is 9.79. The minimum atomic E-state index is -0.0416. The van der Waals surface area contributed by atoms with Crippen LogP contribution < -0.4 is 12.6 Å². The fourth-order valence-electron chi connectivity index (χ4n) is 6.15. The Hall–Kier alpha value is -3.24. The number of aromatic nitrogens is 4. The van der Waals surface area contributed by atoms with E-state index in [0.717, 1.165) is 69.7 Å². The van der Waals surface area contributed by atoms with Gasteiger partial charge in [-0.15, -0.1) is 0 Å². The Labute approximate surface area is 224 Å². The zero-order valence-electron chi connectivity index (χ0n) is 21.1. The Morgan fingerprint density at radius 1 is 0.944 bits per heavy atom. The van der Waals surface area contributed by atoms with E-state index in [4.69, 9.17) is 9.72 Å². The molecular formula is C30H28BiN4O+. The molecule has 1 aliphatic rings. The number of nitrogens with zero attached hydrogens (tertiary/aromatic N) is 4. The predicted octanol–water partition coefficient (Wildman–Crippen LogP) is 4.14. The fraction of sp³-hybridized carbons (Fsp3) is 0.200. The normalized spacial score (nSPS) is 14.1. The van der Waals surface area contributed by atoms with Gasteiger partial charge in [-0.2, -0.15) is 0 Å². The van der Waals surface area contributed by atoms with Crippen LogP contribution >= 0.6 is 0 Å². The molecule has 0 N–H and O–H groups in total. The molecule has 0 saturated carbocycles. The van der Waals surface area contributed by atoms with E-state index in [1.807, 2.05) is 0 Å². The molecule has 0 spiro atoms. The first-order valence-corrected chi connectivity index (χ1v) is 14.5. The molecule has 36 heavy (non-hydrogen) atoms. The van der Waals surface area contributed by atoms with E-state index >= 15 is 0 Å². The maximum absolute atomic E-state index is 5.76. The molecule has 0 fully saturated rings. The predicted molar refractivity (Wildman–Crippen MR) is 148 cm³/mol. The molecule has 0 radical (unpaired) electrons. The monoisotopic (exact) mass is 669 g/mol. The van der Waals surface area contributed by atoms with Crippen molar-refractivity contribution in [3.05, 3.63) is 83.6 Å². The Morgan fingerprint density at radius 2 is 1.75 bits per heavy atom. The zero-order chi connectivity index (χ0) is 24.9. The van der Waals surface area contributed by atoms with Crippen molar-refractivity contribution >= 4 is 55.8 Å². The molecule has 178 valence electrons. The molecule has 6 heteroatoms. The van der Waals surface area contributed by atoms with Gasteiger partial charge in [-0.1, -0.05) is 0 Å². The summed E-state index contributed by atoms with van der Waals surface area (Å²) in [6, 6.07) is 21.9. The van der Waals surface area contributed by atoms with Crippen molar-refractivity contribution in [2.75, 3.05) is 7.11 Å². The second kappa shape index (κ2) is 7.39. The van der Waals surface area contributed by atoms with Crippen molar-refractivity contribution in [1.82, 2.24) is 14.0 Å². The van der Waals surface area contributed by atoms with Gasteiger partial charge in [0.2, 0.25) is 0 Å². The van der Waals surface area contributed by atoms with Gasteiger partial charge in [0.15, 0.2) is 0 Å². The number of methoxy groups -OCH3 is 1. The van der Waals surface area contributed by atoms with Gasteiger partial charge in [-0.25, -0.2) is 0 Å². The summed E-state index contributed by atoms with van der Waals surface area (Å²) < 4.78 is 14.0. The van der Waals surface area contributed by atoms with Crippen molar-refractivity contribution in [2.24, 2.45) is 7.05 Å². The molecule has 1 aliphatic carbocycles. The van der Waals surface area contributed by atoms with Gasteiger partial charge < -0.3 is 0 Å². The van der Waals surface area contributed by atoms with Gasteiger partial charge in [-0.05, 0) is 0 Å². The van der Waals surface area contributed by atoms with Gasteiger partial charge in [0, 0.05) is 0 Å². The van der Waals surface area contributed by atoms with Crippen LogP contribution in [0.25, 0.3) is 44.8 Å². The molecule has 6 aromatic rings. The number of benzene rings is 3. The summed E-state index contributed by atoms with van der Waals surface area (Å²) in [5.41, 5.74) is 11.0. The topological polar surface area (TPSA) is 35.3 Å². The van der Waals surface area contributed by atoms with Crippen LogP contribution in [0.3, 0.4) is 0 Å². The van der Waals surface area contributed by atoms with E-state index in [0.29, 0.717) is 0 Å². The van der Waals surface area contributed by atoms with Gasteiger partial charge in [0.05, 0.1) is 0 Å². The first kappa shape index (κ1) is 22.0. The number of ether oxygens (including phenoxy) is 1. The standard InChI is InChI=1S/C30H26N4O.Bi.2H/c1-18-26(35-5)15-14-25-28(18)34(29-31-23-12-8-9-13-24(23)33(25)29)27-16-20-19-10-6-7-11-21(19)30(2,3)22(20)17-32(27)4;;;/h6-11,13-17H,1-5H3;;;/q+1;;;. The summed E-state index contributed by atoms with van der Waals surface area (Å²) in [6.45, 7) is 6.79. The molecule has 3 aromatic heterocycles. The molecule has 0 bridgehead atoms. The molecule has 0 amide bonds. The molecule has 0 atom stereocenters. The number of para-hydroxylation sites is 1. The van der Waals surface area contributed by atoms with Crippen molar-refractivity contribution in [2.45, 2.75) is 26.2 Å². The number of fused-ring (bicyclic) bond motifs is 8. The SMILES string of the molecule is COc1ccc2c(c1C)n(-c1cc3c(c[n+]1C)C(C)(C)c1ccccc1-3)c1nc3[c]([BiH2])cccc3n21. The van der Waals surface area contributed by atoms with Crippen LogP contribution in [0.1, 0.15) is 30.5 Å². The zero-order valence-corrected chi connectivity index (χ0v) is 25.6. The number of hydrogen-bond donors (Lipinski definition) is 0. The molecule has 7 rings (SSSR count). The fourth-order valence-corrected chi connectivity index (χ4v) is 7.41. The second-order valence-corrected chi connectivity index (χ2v) is 12.7. The van der Waals surface area contributed by atoms with Gasteiger partial charge in [0.1, 0.15) is 0 Å². The number of hydrogen-bond acceptors (Lipinski definition) is 2. The third-order valence-electron chi connectivity index (χ3n) is 7.98. The number of pyridine rings is 1. The average Bonchev–Trinajstić information content (AvgIpc) is 3.47. The third kappa shape index (κ3) is 2.68. The van der Waals surface area contributed by atoms with Crippen LogP contribution in [0.5, 0.6) is 5.75 Å². The summed E-state index contributed by atoms with van der Waals surface area (Å²) in [7, 11) is 3.89. The van der Waals surface area contributed by atoms with Crippen LogP contribution in [0.15, 0.2) is 66.9 Å². The Kier molecular flexibility index (Phi) is 4.52. The summed E-state index contributed by atoms with van der Waals surface area (Å²) in [6.07, 6.45) is 2.31. The van der Waals surface area contributed by atoms with Crippen molar-refractivity contribution in [1.29, 1.82) is 0 Å². The number of imidazole rings is 2. The number of aryl methyl sites for hydroxylation is 2.